The molecule has 0 amide bonds. The van der Waals surface area contributed by atoms with E-state index in [1.165, 1.54) is 61.1 Å². The summed E-state index contributed by atoms with van der Waals surface area (Å²) in [4.78, 5) is 2.36. The Hall–Kier alpha value is -5.08. The smallest absolute Gasteiger partial charge is 0.0541 e. The highest BCUT2D eigenvalue weighted by Crippen LogP contribution is 2.42. The second-order valence-electron chi connectivity index (χ2n) is 18.7. The molecule has 2 nitrogen and oxygen atoms in total. The molecule has 0 unspecified atom stereocenters. The summed E-state index contributed by atoms with van der Waals surface area (Å²) in [7, 11) is 0. The van der Waals surface area contributed by atoms with E-state index in [0.717, 1.165) is 18.5 Å². The van der Waals surface area contributed by atoms with Gasteiger partial charge in [0.1, 0.15) is 0 Å². The minimum atomic E-state index is -0.00245. The van der Waals surface area contributed by atoms with E-state index in [0.29, 0.717) is 0 Å². The first kappa shape index (κ1) is 37.2. The fourth-order valence-corrected chi connectivity index (χ4v) is 7.88. The fourth-order valence-electron chi connectivity index (χ4n) is 7.88. The molecule has 7 rings (SSSR count). The van der Waals surface area contributed by atoms with Gasteiger partial charge in [0.25, 0.3) is 0 Å². The molecule has 6 aromatic carbocycles. The van der Waals surface area contributed by atoms with Crippen molar-refractivity contribution in [3.63, 3.8) is 0 Å². The van der Waals surface area contributed by atoms with Crippen LogP contribution in [0.3, 0.4) is 0 Å². The van der Waals surface area contributed by atoms with E-state index >= 15 is 0 Å². The Morgan fingerprint density at radius 3 is 1.28 bits per heavy atom. The molecular formula is C52H58N2. The number of para-hydroxylation sites is 2. The molecule has 0 radical (unpaired) electrons. The number of aromatic nitrogens is 1. The number of hydrogen-bond donors (Lipinski definition) is 0. The predicted molar refractivity (Wildman–Crippen MR) is 235 cm³/mol. The van der Waals surface area contributed by atoms with Crippen LogP contribution in [0.2, 0.25) is 0 Å². The van der Waals surface area contributed by atoms with Gasteiger partial charge in [-0.05, 0) is 130 Å². The third kappa shape index (κ3) is 7.36. The lowest BCUT2D eigenvalue weighted by atomic mass is 9.72. The molecule has 0 spiro atoms. The molecule has 7 aromatic rings. The van der Waals surface area contributed by atoms with Crippen LogP contribution in [0.15, 0.2) is 146 Å². The van der Waals surface area contributed by atoms with Crippen molar-refractivity contribution in [1.29, 1.82) is 0 Å². The zero-order chi connectivity index (χ0) is 38.5. The minimum absolute atomic E-state index is 0.00245. The van der Waals surface area contributed by atoms with E-state index in [1.54, 1.807) is 0 Å². The van der Waals surface area contributed by atoms with Crippen molar-refractivity contribution in [2.24, 2.45) is 0 Å². The van der Waals surface area contributed by atoms with Crippen LogP contribution in [0.25, 0.3) is 27.5 Å². The third-order valence-electron chi connectivity index (χ3n) is 11.7. The summed E-state index contributed by atoms with van der Waals surface area (Å²) in [5.41, 5.74) is 12.9. The van der Waals surface area contributed by atoms with Crippen LogP contribution in [0.5, 0.6) is 0 Å². The summed E-state index contributed by atoms with van der Waals surface area (Å²) in [5.74, 6) is 0. The van der Waals surface area contributed by atoms with E-state index in [4.69, 9.17) is 0 Å². The molecule has 276 valence electrons. The van der Waals surface area contributed by atoms with Crippen LogP contribution >= 0.6 is 0 Å². The Balaban J connectivity index is 1.17. The van der Waals surface area contributed by atoms with Gasteiger partial charge in [-0.25, -0.2) is 0 Å². The molecule has 0 aliphatic rings. The van der Waals surface area contributed by atoms with Gasteiger partial charge in [0.2, 0.25) is 0 Å². The van der Waals surface area contributed by atoms with Crippen molar-refractivity contribution in [3.8, 4) is 5.69 Å². The number of anilines is 3. The molecule has 0 saturated heterocycles. The summed E-state index contributed by atoms with van der Waals surface area (Å²) in [6.07, 6.45) is 2.15. The molecule has 0 saturated carbocycles. The maximum Gasteiger partial charge on any atom is 0.0541 e. The van der Waals surface area contributed by atoms with Crippen LogP contribution in [-0.4, -0.2) is 4.57 Å². The van der Waals surface area contributed by atoms with Gasteiger partial charge in [-0.1, -0.05) is 142 Å². The van der Waals surface area contributed by atoms with Crippen molar-refractivity contribution >= 4 is 38.9 Å². The van der Waals surface area contributed by atoms with Crippen LogP contribution in [0.4, 0.5) is 17.1 Å². The number of fused-ring (bicyclic) bond motifs is 3. The van der Waals surface area contributed by atoms with Crippen molar-refractivity contribution in [2.45, 2.75) is 104 Å². The topological polar surface area (TPSA) is 8.17 Å². The summed E-state index contributed by atoms with van der Waals surface area (Å²) < 4.78 is 2.43. The van der Waals surface area contributed by atoms with E-state index in [2.05, 4.69) is 224 Å². The molecule has 2 heteroatoms. The first-order valence-corrected chi connectivity index (χ1v) is 19.7. The Bertz CT molecular complexity index is 2360. The van der Waals surface area contributed by atoms with Gasteiger partial charge in [-0.2, -0.15) is 0 Å². The van der Waals surface area contributed by atoms with Crippen LogP contribution in [0, 0.1) is 0 Å². The lowest BCUT2D eigenvalue weighted by Crippen LogP contribution is -2.24. The highest BCUT2D eigenvalue weighted by Gasteiger charge is 2.29. The Kier molecular flexibility index (Phi) is 9.63. The van der Waals surface area contributed by atoms with Crippen LogP contribution in [0.1, 0.15) is 104 Å². The van der Waals surface area contributed by atoms with Crippen LogP contribution in [-0.2, 0) is 21.7 Å². The molecule has 0 fully saturated rings. The summed E-state index contributed by atoms with van der Waals surface area (Å²) >= 11 is 0. The van der Waals surface area contributed by atoms with E-state index in [9.17, 15) is 0 Å². The summed E-state index contributed by atoms with van der Waals surface area (Å²) in [6, 6.07) is 54.1. The molecule has 0 aliphatic carbocycles. The number of nitrogens with zero attached hydrogens (tertiary/aromatic N) is 2. The normalized spacial score (nSPS) is 12.8. The number of rotatable bonds is 9. The first-order chi connectivity index (χ1) is 25.5. The van der Waals surface area contributed by atoms with Crippen LogP contribution < -0.4 is 4.90 Å². The maximum atomic E-state index is 2.48. The van der Waals surface area contributed by atoms with Gasteiger partial charge in [0.05, 0.1) is 11.0 Å². The summed E-state index contributed by atoms with van der Waals surface area (Å²) in [6.45, 7) is 23.4. The largest absolute Gasteiger partial charge is 0.311 e. The first-order valence-electron chi connectivity index (χ1n) is 19.7. The highest BCUT2D eigenvalue weighted by molar-refractivity contribution is 6.09. The summed E-state index contributed by atoms with van der Waals surface area (Å²) in [5, 5.41) is 2.66. The number of hydrogen-bond acceptors (Lipinski definition) is 1. The molecule has 1 aromatic heterocycles. The Labute approximate surface area is 324 Å². The second-order valence-corrected chi connectivity index (χ2v) is 18.7. The Morgan fingerprint density at radius 1 is 0.389 bits per heavy atom. The van der Waals surface area contributed by atoms with Gasteiger partial charge in [0.15, 0.2) is 0 Å². The Morgan fingerprint density at radius 2 is 0.778 bits per heavy atom. The van der Waals surface area contributed by atoms with Gasteiger partial charge in [-0.3, -0.25) is 0 Å². The number of benzene rings is 6. The molecule has 0 aliphatic heterocycles. The molecule has 0 N–H and O–H groups in total. The molecule has 0 atom stereocenters. The lowest BCUT2D eigenvalue weighted by Gasteiger charge is -2.33. The van der Waals surface area contributed by atoms with E-state index in [1.807, 2.05) is 0 Å². The quantitative estimate of drug-likeness (QED) is 0.145. The minimum Gasteiger partial charge on any atom is -0.311 e. The zero-order valence-corrected chi connectivity index (χ0v) is 34.2. The van der Waals surface area contributed by atoms with Gasteiger partial charge in [-0.15, -0.1) is 0 Å². The SMILES string of the molecule is CC(C)(C)c1ccc(N(c2ccccc2)c2ccc(C(C)(C)CCC(C)(C)c3ccc4c(c3)c3cc(C(C)(C)C)ccc3n4-c3ccccc3)cc2)cc1. The van der Waals surface area contributed by atoms with Crippen molar-refractivity contribution in [2.75, 3.05) is 4.90 Å². The zero-order valence-electron chi connectivity index (χ0n) is 34.2. The average Bonchev–Trinajstić information content (AvgIpc) is 3.48. The lowest BCUT2D eigenvalue weighted by molar-refractivity contribution is 0.375. The monoisotopic (exact) mass is 710 g/mol. The van der Waals surface area contributed by atoms with Gasteiger partial charge < -0.3 is 9.47 Å². The van der Waals surface area contributed by atoms with E-state index < -0.39 is 0 Å². The standard InChI is InChI=1S/C52H58N2/c1-49(2,3)37-21-27-43(28-22-37)53(41-17-13-11-14-18-41)44-29-23-38(24-30-44)51(7,8)33-34-52(9,10)40-26-32-48-46(36-40)45-35-39(50(4,5)6)25-31-47(45)54(48)42-19-15-12-16-20-42/h11-32,35-36H,33-34H2,1-10H3. The van der Waals surface area contributed by atoms with Crippen molar-refractivity contribution < 1.29 is 0 Å². The van der Waals surface area contributed by atoms with Gasteiger partial charge >= 0.3 is 0 Å². The van der Waals surface area contributed by atoms with Crippen molar-refractivity contribution in [3.05, 3.63) is 168 Å². The molecule has 1 heterocycles. The average molecular weight is 711 g/mol. The maximum absolute atomic E-state index is 2.48. The van der Waals surface area contributed by atoms with Crippen molar-refractivity contribution in [1.82, 2.24) is 4.57 Å². The fraction of sp³-hybridized carbons (Fsp3) is 0.308. The molecule has 54 heavy (non-hydrogen) atoms. The molecular weight excluding hydrogens is 653 g/mol. The third-order valence-corrected chi connectivity index (χ3v) is 11.7. The highest BCUT2D eigenvalue weighted by atomic mass is 15.1. The van der Waals surface area contributed by atoms with Gasteiger partial charge in [0, 0.05) is 33.5 Å². The predicted octanol–water partition coefficient (Wildman–Crippen LogP) is 14.9. The molecule has 0 bridgehead atoms. The second kappa shape index (κ2) is 14.0. The van der Waals surface area contributed by atoms with E-state index in [-0.39, 0.29) is 21.7 Å².